The van der Waals surface area contributed by atoms with Crippen molar-refractivity contribution in [2.24, 2.45) is 0 Å². The van der Waals surface area contributed by atoms with Crippen molar-refractivity contribution in [3.05, 3.63) is 41.1 Å². The summed E-state index contributed by atoms with van der Waals surface area (Å²) >= 11 is 0. The number of aryl methyl sites for hydroxylation is 2. The summed E-state index contributed by atoms with van der Waals surface area (Å²) in [5, 5.41) is 4.15. The number of hydrogen-bond donors (Lipinski definition) is 1. The molecular formula is C22H27N3O. The van der Waals surface area contributed by atoms with Gasteiger partial charge in [0.15, 0.2) is 0 Å². The fourth-order valence-electron chi connectivity index (χ4n) is 3.83. The predicted octanol–water partition coefficient (Wildman–Crippen LogP) is 6.31. The summed E-state index contributed by atoms with van der Waals surface area (Å²) in [5.74, 6) is 2.62. The van der Waals surface area contributed by atoms with Crippen molar-refractivity contribution in [1.82, 2.24) is 15.1 Å². The molecule has 136 valence electrons. The molecular weight excluding hydrogens is 322 g/mol. The van der Waals surface area contributed by atoms with Crippen LogP contribution in [0.5, 0.6) is 0 Å². The third kappa shape index (κ3) is 2.98. The van der Waals surface area contributed by atoms with Gasteiger partial charge in [0.25, 0.3) is 0 Å². The van der Waals surface area contributed by atoms with Crippen molar-refractivity contribution in [2.75, 3.05) is 0 Å². The van der Waals surface area contributed by atoms with E-state index in [1.165, 1.54) is 24.0 Å². The molecule has 2 heterocycles. The summed E-state index contributed by atoms with van der Waals surface area (Å²) in [7, 11) is 0. The molecule has 0 aliphatic heterocycles. The first-order chi connectivity index (χ1) is 12.6. The highest BCUT2D eigenvalue weighted by Gasteiger charge is 2.28. The first kappa shape index (κ1) is 17.1. The van der Waals surface area contributed by atoms with E-state index < -0.39 is 0 Å². The minimum absolute atomic E-state index is 0.613. The van der Waals surface area contributed by atoms with Gasteiger partial charge >= 0.3 is 0 Å². The van der Waals surface area contributed by atoms with Crippen LogP contribution in [0.3, 0.4) is 0 Å². The number of benzene rings is 1. The number of aromatic nitrogens is 3. The van der Waals surface area contributed by atoms with Gasteiger partial charge in [0, 0.05) is 17.0 Å². The minimum atomic E-state index is 0.613. The maximum absolute atomic E-state index is 5.42. The van der Waals surface area contributed by atoms with Gasteiger partial charge in [0.2, 0.25) is 0 Å². The zero-order chi connectivity index (χ0) is 18.3. The lowest BCUT2D eigenvalue weighted by Gasteiger charge is -2.11. The molecule has 26 heavy (non-hydrogen) atoms. The molecule has 3 aromatic rings. The van der Waals surface area contributed by atoms with Crippen LogP contribution in [0, 0.1) is 13.8 Å². The van der Waals surface area contributed by atoms with Crippen LogP contribution in [-0.2, 0) is 0 Å². The molecule has 0 bridgehead atoms. The number of nitrogens with zero attached hydrogens (tertiary/aromatic N) is 2. The third-order valence-corrected chi connectivity index (χ3v) is 5.21. The number of rotatable bonds is 6. The number of fused-ring (bicyclic) bond motifs is 1. The van der Waals surface area contributed by atoms with E-state index in [1.54, 1.807) is 0 Å². The highest BCUT2D eigenvalue weighted by molar-refractivity contribution is 5.94. The Hall–Kier alpha value is -2.36. The van der Waals surface area contributed by atoms with Gasteiger partial charge in [-0.05, 0) is 62.8 Å². The van der Waals surface area contributed by atoms with Gasteiger partial charge in [-0.3, -0.25) is 0 Å². The van der Waals surface area contributed by atoms with Crippen molar-refractivity contribution in [3.63, 3.8) is 0 Å². The predicted molar refractivity (Wildman–Crippen MR) is 106 cm³/mol. The highest BCUT2D eigenvalue weighted by atomic mass is 16.5. The topological polar surface area (TPSA) is 54.7 Å². The Labute approximate surface area is 154 Å². The van der Waals surface area contributed by atoms with Crippen molar-refractivity contribution in [1.29, 1.82) is 0 Å². The monoisotopic (exact) mass is 349 g/mol. The standard InChI is InChI=1S/C22H27N3O/c1-5-7-15(8-6-2)18-11-17(20-13(3)25-26-14(20)4)12-19-21(18)24-22(23-19)16-9-10-16/h7,11-12,16H,5-6,8-10H2,1-4H3,(H,23,24)/b15-7+. The number of H-pyrrole nitrogens is 1. The second-order valence-electron chi connectivity index (χ2n) is 7.40. The van der Waals surface area contributed by atoms with Crippen LogP contribution in [0.4, 0.5) is 0 Å². The molecule has 1 N–H and O–H groups in total. The van der Waals surface area contributed by atoms with Crippen LogP contribution < -0.4 is 0 Å². The zero-order valence-electron chi connectivity index (χ0n) is 16.1. The van der Waals surface area contributed by atoms with E-state index in [0.717, 1.165) is 58.7 Å². The highest BCUT2D eigenvalue weighted by Crippen LogP contribution is 2.41. The lowest BCUT2D eigenvalue weighted by atomic mass is 9.94. The fraction of sp³-hybridized carbons (Fsp3) is 0.455. The summed E-state index contributed by atoms with van der Waals surface area (Å²) < 4.78 is 5.42. The van der Waals surface area contributed by atoms with Crippen LogP contribution in [0.1, 0.15) is 74.7 Å². The normalized spacial score (nSPS) is 15.2. The summed E-state index contributed by atoms with van der Waals surface area (Å²) in [6, 6.07) is 4.49. The molecule has 0 amide bonds. The van der Waals surface area contributed by atoms with Crippen LogP contribution in [0.2, 0.25) is 0 Å². The molecule has 0 unspecified atom stereocenters. The minimum Gasteiger partial charge on any atom is -0.361 e. The smallest absolute Gasteiger partial charge is 0.141 e. The Bertz CT molecular complexity index is 953. The molecule has 2 aromatic heterocycles. The Morgan fingerprint density at radius 1 is 1.27 bits per heavy atom. The summed E-state index contributed by atoms with van der Waals surface area (Å²) in [5.41, 5.74) is 8.07. The Balaban J connectivity index is 1.96. The van der Waals surface area contributed by atoms with E-state index in [-0.39, 0.29) is 0 Å². The molecule has 1 saturated carbocycles. The van der Waals surface area contributed by atoms with Crippen LogP contribution in [0.15, 0.2) is 22.7 Å². The first-order valence-electron chi connectivity index (χ1n) is 9.78. The molecule has 1 aliphatic carbocycles. The molecule has 1 fully saturated rings. The molecule has 0 saturated heterocycles. The van der Waals surface area contributed by atoms with E-state index in [9.17, 15) is 0 Å². The lowest BCUT2D eigenvalue weighted by molar-refractivity contribution is 0.393. The Morgan fingerprint density at radius 3 is 2.69 bits per heavy atom. The van der Waals surface area contributed by atoms with Gasteiger partial charge in [-0.2, -0.15) is 0 Å². The van der Waals surface area contributed by atoms with E-state index in [1.807, 2.05) is 13.8 Å². The first-order valence-corrected chi connectivity index (χ1v) is 9.78. The largest absolute Gasteiger partial charge is 0.361 e. The molecule has 4 rings (SSSR count). The number of nitrogens with one attached hydrogen (secondary N) is 1. The van der Waals surface area contributed by atoms with Crippen LogP contribution in [0.25, 0.3) is 27.7 Å². The second-order valence-corrected chi connectivity index (χ2v) is 7.40. The third-order valence-electron chi connectivity index (χ3n) is 5.21. The zero-order valence-corrected chi connectivity index (χ0v) is 16.1. The van der Waals surface area contributed by atoms with E-state index in [0.29, 0.717) is 5.92 Å². The van der Waals surface area contributed by atoms with Crippen molar-refractivity contribution in [3.8, 4) is 11.1 Å². The molecule has 1 aromatic carbocycles. The average Bonchev–Trinajstić information content (AvgIpc) is 3.30. The maximum atomic E-state index is 5.42. The number of aromatic amines is 1. The molecule has 0 spiro atoms. The second kappa shape index (κ2) is 6.75. The summed E-state index contributed by atoms with van der Waals surface area (Å²) in [6.07, 6.45) is 8.08. The van der Waals surface area contributed by atoms with Gasteiger partial charge in [-0.15, -0.1) is 0 Å². The quantitative estimate of drug-likeness (QED) is 0.567. The molecule has 0 atom stereocenters. The molecule has 0 radical (unpaired) electrons. The van der Waals surface area contributed by atoms with Crippen molar-refractivity contribution < 1.29 is 4.52 Å². The van der Waals surface area contributed by atoms with Crippen LogP contribution in [-0.4, -0.2) is 15.1 Å². The lowest BCUT2D eigenvalue weighted by Crippen LogP contribution is -1.91. The number of imidazole rings is 1. The van der Waals surface area contributed by atoms with Gasteiger partial charge in [0.1, 0.15) is 11.6 Å². The SMILES string of the molecule is CC/C=C(\CCC)c1cc(-c2c(C)noc2C)cc2[nH]c(C3CC3)nc12. The summed E-state index contributed by atoms with van der Waals surface area (Å²) in [4.78, 5) is 8.58. The van der Waals surface area contributed by atoms with Gasteiger partial charge in [0.05, 0.1) is 16.7 Å². The molecule has 4 heteroatoms. The Kier molecular flexibility index (Phi) is 4.43. The average molecular weight is 349 g/mol. The van der Waals surface area contributed by atoms with Gasteiger partial charge < -0.3 is 9.51 Å². The molecule has 4 nitrogen and oxygen atoms in total. The van der Waals surface area contributed by atoms with Gasteiger partial charge in [-0.1, -0.05) is 31.5 Å². The number of allylic oxidation sites excluding steroid dienone is 2. The van der Waals surface area contributed by atoms with E-state index in [2.05, 4.69) is 42.2 Å². The maximum Gasteiger partial charge on any atom is 0.141 e. The summed E-state index contributed by atoms with van der Waals surface area (Å²) in [6.45, 7) is 8.42. The van der Waals surface area contributed by atoms with Gasteiger partial charge in [-0.25, -0.2) is 4.98 Å². The Morgan fingerprint density at radius 2 is 2.08 bits per heavy atom. The fourth-order valence-corrected chi connectivity index (χ4v) is 3.83. The number of hydrogen-bond acceptors (Lipinski definition) is 3. The molecule has 1 aliphatic rings. The van der Waals surface area contributed by atoms with Crippen molar-refractivity contribution in [2.45, 2.75) is 65.7 Å². The van der Waals surface area contributed by atoms with E-state index in [4.69, 9.17) is 9.51 Å². The van der Waals surface area contributed by atoms with Crippen LogP contribution >= 0.6 is 0 Å². The van der Waals surface area contributed by atoms with Crippen molar-refractivity contribution >= 4 is 16.6 Å². The van der Waals surface area contributed by atoms with E-state index >= 15 is 0 Å².